The molecule has 2 aliphatic rings. The van der Waals surface area contributed by atoms with Crippen molar-refractivity contribution in [2.75, 3.05) is 25.0 Å². The van der Waals surface area contributed by atoms with Crippen molar-refractivity contribution >= 4 is 22.2 Å². The Labute approximate surface area is 197 Å². The Balaban J connectivity index is 2.10. The number of nitrogens with zero attached hydrogens (tertiary/aromatic N) is 1. The van der Waals surface area contributed by atoms with Crippen molar-refractivity contribution in [1.29, 1.82) is 0 Å². The quantitative estimate of drug-likeness (QED) is 0.231. The fourth-order valence-corrected chi connectivity index (χ4v) is 4.71. The highest BCUT2D eigenvalue weighted by Crippen LogP contribution is 2.43. The molecule has 1 heterocycles. The molecule has 1 aliphatic heterocycles. The van der Waals surface area contributed by atoms with E-state index < -0.39 is 0 Å². The van der Waals surface area contributed by atoms with Gasteiger partial charge in [-0.3, -0.25) is 0 Å². The molecule has 4 rings (SSSR count). The molecule has 2 aromatic rings. The molecular formula is C30H35N2O+. The SMILES string of the molecule is C=C(CCC)c1ccccc1-c1c2ccc(=[N+](CC)CC)cc-2oc2cc(NCC)ccc12. The van der Waals surface area contributed by atoms with E-state index in [1.165, 1.54) is 27.6 Å². The largest absolute Gasteiger partial charge is 0.456 e. The average Bonchev–Trinajstić information content (AvgIpc) is 2.83. The Morgan fingerprint density at radius 2 is 1.70 bits per heavy atom. The van der Waals surface area contributed by atoms with Crippen molar-refractivity contribution in [3.63, 3.8) is 0 Å². The van der Waals surface area contributed by atoms with Crippen molar-refractivity contribution < 1.29 is 4.42 Å². The number of hydrogen-bond donors (Lipinski definition) is 1. The van der Waals surface area contributed by atoms with Crippen molar-refractivity contribution in [3.8, 4) is 22.5 Å². The molecule has 3 heteroatoms. The molecule has 33 heavy (non-hydrogen) atoms. The maximum atomic E-state index is 6.53. The maximum absolute atomic E-state index is 6.53. The highest BCUT2D eigenvalue weighted by atomic mass is 16.3. The molecule has 1 aliphatic carbocycles. The van der Waals surface area contributed by atoms with Crippen LogP contribution in [0.3, 0.4) is 0 Å². The van der Waals surface area contributed by atoms with Crippen LogP contribution in [-0.4, -0.2) is 19.6 Å². The molecule has 0 saturated heterocycles. The van der Waals surface area contributed by atoms with Crippen LogP contribution in [0.1, 0.15) is 46.1 Å². The summed E-state index contributed by atoms with van der Waals surface area (Å²) in [5, 5.41) is 5.73. The second kappa shape index (κ2) is 10.1. The van der Waals surface area contributed by atoms with Gasteiger partial charge in [-0.2, -0.15) is 0 Å². The lowest BCUT2D eigenvalue weighted by Gasteiger charge is -2.19. The third kappa shape index (κ3) is 4.45. The first-order chi connectivity index (χ1) is 16.1. The topological polar surface area (TPSA) is 28.2 Å². The van der Waals surface area contributed by atoms with Crippen LogP contribution in [0.5, 0.6) is 0 Å². The second-order valence-corrected chi connectivity index (χ2v) is 8.47. The Bertz CT molecular complexity index is 1320. The van der Waals surface area contributed by atoms with Gasteiger partial charge in [0.05, 0.1) is 6.07 Å². The van der Waals surface area contributed by atoms with E-state index in [-0.39, 0.29) is 0 Å². The molecular weight excluding hydrogens is 404 g/mol. The molecule has 0 aromatic heterocycles. The third-order valence-electron chi connectivity index (χ3n) is 6.34. The number of benzene rings is 3. The van der Waals surface area contributed by atoms with Gasteiger partial charge in [0, 0.05) is 40.9 Å². The minimum Gasteiger partial charge on any atom is -0.456 e. The zero-order chi connectivity index (χ0) is 23.4. The van der Waals surface area contributed by atoms with Crippen LogP contribution in [0.25, 0.3) is 39.0 Å². The number of hydrogen-bond acceptors (Lipinski definition) is 2. The molecule has 0 unspecified atom stereocenters. The molecule has 0 bridgehead atoms. The first-order valence-corrected chi connectivity index (χ1v) is 12.2. The van der Waals surface area contributed by atoms with E-state index in [4.69, 9.17) is 4.42 Å². The molecule has 2 aromatic carbocycles. The Morgan fingerprint density at radius 1 is 0.909 bits per heavy atom. The lowest BCUT2D eigenvalue weighted by Crippen LogP contribution is -2.29. The van der Waals surface area contributed by atoms with E-state index in [1.807, 2.05) is 0 Å². The molecule has 0 radical (unpaired) electrons. The van der Waals surface area contributed by atoms with Gasteiger partial charge in [-0.05, 0) is 62.1 Å². The fraction of sp³-hybridized carbons (Fsp3) is 0.300. The number of fused-ring (bicyclic) bond motifs is 2. The summed E-state index contributed by atoms with van der Waals surface area (Å²) in [5.74, 6) is 0.909. The summed E-state index contributed by atoms with van der Waals surface area (Å²) in [6, 6.07) is 21.7. The Hall–Kier alpha value is -3.33. The van der Waals surface area contributed by atoms with Crippen molar-refractivity contribution in [1.82, 2.24) is 4.58 Å². The van der Waals surface area contributed by atoms with Crippen molar-refractivity contribution in [2.45, 2.75) is 40.5 Å². The van der Waals surface area contributed by atoms with Crippen LogP contribution in [0.4, 0.5) is 5.69 Å². The normalized spacial score (nSPS) is 11.2. The second-order valence-electron chi connectivity index (χ2n) is 8.47. The zero-order valence-corrected chi connectivity index (χ0v) is 20.4. The van der Waals surface area contributed by atoms with Gasteiger partial charge in [0.1, 0.15) is 24.4 Å². The van der Waals surface area contributed by atoms with Crippen LogP contribution in [0.2, 0.25) is 0 Å². The van der Waals surface area contributed by atoms with Crippen molar-refractivity contribution in [2.24, 2.45) is 0 Å². The number of nitrogens with one attached hydrogen (secondary N) is 1. The summed E-state index contributed by atoms with van der Waals surface area (Å²) in [4.78, 5) is 0. The summed E-state index contributed by atoms with van der Waals surface area (Å²) in [7, 11) is 0. The molecule has 1 N–H and O–H groups in total. The van der Waals surface area contributed by atoms with Crippen molar-refractivity contribution in [3.05, 3.63) is 78.2 Å². The predicted molar refractivity (Wildman–Crippen MR) is 143 cm³/mol. The first-order valence-electron chi connectivity index (χ1n) is 12.2. The van der Waals surface area contributed by atoms with E-state index in [1.54, 1.807) is 0 Å². The van der Waals surface area contributed by atoms with Gasteiger partial charge in [-0.1, -0.05) is 44.2 Å². The smallest absolute Gasteiger partial charge is 0.203 e. The van der Waals surface area contributed by atoms with Crippen LogP contribution in [-0.2, 0) is 0 Å². The first kappa shape index (κ1) is 22.8. The predicted octanol–water partition coefficient (Wildman–Crippen LogP) is 7.26. The standard InChI is InChI=1S/C30H34N2O/c1-6-12-21(5)24-13-10-11-14-25(24)30-26-17-15-22(31-7-2)19-28(26)33-29-20-23(16-18-27(29)30)32(8-3)9-4/h10-11,13-20H,5-9,12H2,1-4H3/p+1. The average molecular weight is 440 g/mol. The highest BCUT2D eigenvalue weighted by molar-refractivity contribution is 6.04. The van der Waals surface area contributed by atoms with E-state index in [2.05, 4.69) is 105 Å². The van der Waals surface area contributed by atoms with E-state index in [0.717, 1.165) is 60.5 Å². The minimum atomic E-state index is 0.873. The number of anilines is 1. The summed E-state index contributed by atoms with van der Waals surface area (Å²) < 4.78 is 8.89. The Morgan fingerprint density at radius 3 is 2.42 bits per heavy atom. The fourth-order valence-electron chi connectivity index (χ4n) is 4.71. The minimum absolute atomic E-state index is 0.873. The van der Waals surface area contributed by atoms with Crippen LogP contribution >= 0.6 is 0 Å². The van der Waals surface area contributed by atoms with Crippen LogP contribution in [0.15, 0.2) is 71.7 Å². The lowest BCUT2D eigenvalue weighted by molar-refractivity contribution is 0.605. The maximum Gasteiger partial charge on any atom is 0.203 e. The molecule has 0 amide bonds. The monoisotopic (exact) mass is 439 g/mol. The summed E-state index contributed by atoms with van der Waals surface area (Å²) in [5.41, 5.74) is 7.93. The zero-order valence-electron chi connectivity index (χ0n) is 20.4. The van der Waals surface area contributed by atoms with E-state index in [9.17, 15) is 0 Å². The highest BCUT2D eigenvalue weighted by Gasteiger charge is 2.21. The van der Waals surface area contributed by atoms with Gasteiger partial charge in [0.2, 0.25) is 5.36 Å². The molecule has 0 atom stereocenters. The molecule has 170 valence electrons. The number of allylic oxidation sites excluding steroid dienone is 1. The number of rotatable bonds is 8. The summed E-state index contributed by atoms with van der Waals surface area (Å²) in [6.45, 7) is 15.9. The van der Waals surface area contributed by atoms with E-state index >= 15 is 0 Å². The van der Waals surface area contributed by atoms with Crippen LogP contribution < -0.4 is 15.2 Å². The van der Waals surface area contributed by atoms with Gasteiger partial charge < -0.3 is 9.73 Å². The molecule has 0 fully saturated rings. The lowest BCUT2D eigenvalue weighted by atomic mass is 9.88. The Kier molecular flexibility index (Phi) is 6.98. The summed E-state index contributed by atoms with van der Waals surface area (Å²) in [6.07, 6.45) is 2.07. The summed E-state index contributed by atoms with van der Waals surface area (Å²) >= 11 is 0. The van der Waals surface area contributed by atoms with E-state index in [0.29, 0.717) is 0 Å². The molecule has 3 nitrogen and oxygen atoms in total. The van der Waals surface area contributed by atoms with Gasteiger partial charge >= 0.3 is 0 Å². The van der Waals surface area contributed by atoms with Gasteiger partial charge in [-0.25, -0.2) is 4.58 Å². The van der Waals surface area contributed by atoms with Gasteiger partial charge in [0.25, 0.3) is 0 Å². The molecule has 0 spiro atoms. The van der Waals surface area contributed by atoms with Gasteiger partial charge in [-0.15, -0.1) is 0 Å². The molecule has 0 saturated carbocycles. The third-order valence-corrected chi connectivity index (χ3v) is 6.34. The van der Waals surface area contributed by atoms with Crippen LogP contribution in [0, 0.1) is 0 Å². The van der Waals surface area contributed by atoms with Gasteiger partial charge in [0.15, 0.2) is 0 Å².